The van der Waals surface area contributed by atoms with Gasteiger partial charge in [0.25, 0.3) is 0 Å². The van der Waals surface area contributed by atoms with Crippen LogP contribution in [0.1, 0.15) is 24.9 Å². The van der Waals surface area contributed by atoms with Crippen LogP contribution in [0.4, 0.5) is 18.9 Å². The standard InChI is InChI=1S/C12H15F3N2O/c1-8(9-4-3-5-10(16)6-9)17(2)11(18)7-12(13,14)15/h3-6,8H,7,16H2,1-2H3. The highest BCUT2D eigenvalue weighted by Crippen LogP contribution is 2.25. The molecule has 1 unspecified atom stereocenters. The molecule has 2 N–H and O–H groups in total. The van der Waals surface area contributed by atoms with Gasteiger partial charge in [0.1, 0.15) is 6.42 Å². The lowest BCUT2D eigenvalue weighted by Crippen LogP contribution is -2.33. The number of carbonyl (C=O) groups is 1. The Morgan fingerprint density at radius 1 is 1.44 bits per heavy atom. The van der Waals surface area contributed by atoms with Crippen molar-refractivity contribution in [3.05, 3.63) is 29.8 Å². The van der Waals surface area contributed by atoms with E-state index in [1.54, 1.807) is 31.2 Å². The largest absolute Gasteiger partial charge is 0.399 e. The summed E-state index contributed by atoms with van der Waals surface area (Å²) in [4.78, 5) is 12.5. The fourth-order valence-electron chi connectivity index (χ4n) is 1.55. The van der Waals surface area contributed by atoms with E-state index < -0.39 is 24.5 Å². The van der Waals surface area contributed by atoms with Gasteiger partial charge in [-0.05, 0) is 24.6 Å². The summed E-state index contributed by atoms with van der Waals surface area (Å²) in [5.41, 5.74) is 6.80. The van der Waals surface area contributed by atoms with Gasteiger partial charge in [-0.1, -0.05) is 12.1 Å². The molecular formula is C12H15F3N2O. The van der Waals surface area contributed by atoms with Gasteiger partial charge in [0.15, 0.2) is 0 Å². The molecule has 6 heteroatoms. The van der Waals surface area contributed by atoms with Gasteiger partial charge >= 0.3 is 6.18 Å². The normalized spacial score (nSPS) is 13.2. The predicted molar refractivity (Wildman–Crippen MR) is 62.7 cm³/mol. The van der Waals surface area contributed by atoms with Crippen LogP contribution in [0.25, 0.3) is 0 Å². The average molecular weight is 260 g/mol. The molecule has 3 nitrogen and oxygen atoms in total. The maximum atomic E-state index is 12.1. The molecule has 0 aliphatic rings. The van der Waals surface area contributed by atoms with Crippen molar-refractivity contribution in [1.82, 2.24) is 4.90 Å². The Morgan fingerprint density at radius 3 is 2.56 bits per heavy atom. The van der Waals surface area contributed by atoms with Crippen molar-refractivity contribution in [3.8, 4) is 0 Å². The summed E-state index contributed by atoms with van der Waals surface area (Å²) in [6.07, 6.45) is -5.93. The smallest absolute Gasteiger partial charge is 0.397 e. The number of alkyl halides is 3. The molecule has 1 aromatic rings. The summed E-state index contributed by atoms with van der Waals surface area (Å²) in [5.74, 6) is -0.961. The highest BCUT2D eigenvalue weighted by Gasteiger charge is 2.33. The lowest BCUT2D eigenvalue weighted by molar-refractivity contribution is -0.161. The first-order valence-electron chi connectivity index (χ1n) is 5.38. The molecule has 1 amide bonds. The number of nitrogen functional groups attached to an aromatic ring is 1. The van der Waals surface area contributed by atoms with E-state index in [1.807, 2.05) is 0 Å². The van der Waals surface area contributed by atoms with Crippen molar-refractivity contribution in [1.29, 1.82) is 0 Å². The summed E-state index contributed by atoms with van der Waals surface area (Å²) < 4.78 is 36.4. The van der Waals surface area contributed by atoms with Gasteiger partial charge in [-0.25, -0.2) is 0 Å². The number of hydrogen-bond donors (Lipinski definition) is 1. The van der Waals surface area contributed by atoms with Crippen molar-refractivity contribution in [3.63, 3.8) is 0 Å². The summed E-state index contributed by atoms with van der Waals surface area (Å²) in [7, 11) is 1.35. The van der Waals surface area contributed by atoms with E-state index in [1.165, 1.54) is 7.05 Å². The number of halogens is 3. The van der Waals surface area contributed by atoms with Crippen LogP contribution in [0, 0.1) is 0 Å². The van der Waals surface area contributed by atoms with Crippen LogP contribution in [0.15, 0.2) is 24.3 Å². The Balaban J connectivity index is 2.78. The maximum Gasteiger partial charge on any atom is 0.397 e. The van der Waals surface area contributed by atoms with E-state index in [0.717, 1.165) is 4.90 Å². The number of nitrogens with two attached hydrogens (primary N) is 1. The highest BCUT2D eigenvalue weighted by molar-refractivity contribution is 5.77. The second-order valence-electron chi connectivity index (χ2n) is 4.14. The molecule has 0 aliphatic carbocycles. The van der Waals surface area contributed by atoms with Crippen LogP contribution >= 0.6 is 0 Å². The van der Waals surface area contributed by atoms with Crippen molar-refractivity contribution in [2.45, 2.75) is 25.6 Å². The van der Waals surface area contributed by atoms with Gasteiger partial charge in [0.2, 0.25) is 5.91 Å². The second kappa shape index (κ2) is 5.29. The van der Waals surface area contributed by atoms with E-state index >= 15 is 0 Å². The Kier molecular flexibility index (Phi) is 4.21. The van der Waals surface area contributed by atoms with E-state index in [-0.39, 0.29) is 0 Å². The quantitative estimate of drug-likeness (QED) is 0.849. The van der Waals surface area contributed by atoms with Crippen molar-refractivity contribution in [2.24, 2.45) is 0 Å². The summed E-state index contributed by atoms with van der Waals surface area (Å²) in [6, 6.07) is 6.28. The minimum absolute atomic E-state index is 0.455. The molecule has 0 saturated heterocycles. The molecule has 0 fully saturated rings. The van der Waals surface area contributed by atoms with E-state index in [2.05, 4.69) is 0 Å². The Bertz CT molecular complexity index is 432. The van der Waals surface area contributed by atoms with E-state index in [0.29, 0.717) is 11.3 Å². The molecule has 0 aliphatic heterocycles. The molecule has 18 heavy (non-hydrogen) atoms. The molecule has 0 radical (unpaired) electrons. The molecule has 0 spiro atoms. The SMILES string of the molecule is CC(c1cccc(N)c1)N(C)C(=O)CC(F)(F)F. The summed E-state index contributed by atoms with van der Waals surface area (Å²) in [5, 5.41) is 0. The summed E-state index contributed by atoms with van der Waals surface area (Å²) in [6.45, 7) is 1.66. The lowest BCUT2D eigenvalue weighted by atomic mass is 10.1. The van der Waals surface area contributed by atoms with Gasteiger partial charge in [-0.15, -0.1) is 0 Å². The van der Waals surface area contributed by atoms with Crippen LogP contribution in [-0.2, 0) is 4.79 Å². The number of anilines is 1. The minimum Gasteiger partial charge on any atom is -0.399 e. The van der Waals surface area contributed by atoms with Gasteiger partial charge in [0.05, 0.1) is 6.04 Å². The molecule has 0 aromatic heterocycles. The van der Waals surface area contributed by atoms with Crippen LogP contribution < -0.4 is 5.73 Å². The third kappa shape index (κ3) is 3.94. The van der Waals surface area contributed by atoms with Gasteiger partial charge in [-0.2, -0.15) is 13.2 Å². The zero-order valence-corrected chi connectivity index (χ0v) is 10.2. The minimum atomic E-state index is -4.49. The molecule has 1 atom stereocenters. The third-order valence-corrected chi connectivity index (χ3v) is 2.72. The van der Waals surface area contributed by atoms with E-state index in [9.17, 15) is 18.0 Å². The topological polar surface area (TPSA) is 46.3 Å². The van der Waals surface area contributed by atoms with Crippen LogP contribution in [-0.4, -0.2) is 24.0 Å². The molecule has 0 saturated carbocycles. The molecule has 0 heterocycles. The summed E-state index contributed by atoms with van der Waals surface area (Å²) >= 11 is 0. The molecular weight excluding hydrogens is 245 g/mol. The highest BCUT2D eigenvalue weighted by atomic mass is 19.4. The van der Waals surface area contributed by atoms with Crippen molar-refractivity contribution in [2.75, 3.05) is 12.8 Å². The first kappa shape index (κ1) is 14.3. The Hall–Kier alpha value is -1.72. The van der Waals surface area contributed by atoms with Crippen molar-refractivity contribution >= 4 is 11.6 Å². The molecule has 0 bridgehead atoms. The van der Waals surface area contributed by atoms with Gasteiger partial charge < -0.3 is 10.6 Å². The lowest BCUT2D eigenvalue weighted by Gasteiger charge is -2.26. The van der Waals surface area contributed by atoms with Gasteiger partial charge in [-0.3, -0.25) is 4.79 Å². The number of amides is 1. The van der Waals surface area contributed by atoms with E-state index in [4.69, 9.17) is 5.73 Å². The van der Waals surface area contributed by atoms with Crippen molar-refractivity contribution < 1.29 is 18.0 Å². The molecule has 1 rings (SSSR count). The van der Waals surface area contributed by atoms with Crippen LogP contribution in [0.2, 0.25) is 0 Å². The second-order valence-corrected chi connectivity index (χ2v) is 4.14. The number of rotatable bonds is 3. The monoisotopic (exact) mass is 260 g/mol. The number of carbonyl (C=O) groups excluding carboxylic acids is 1. The maximum absolute atomic E-state index is 12.1. The number of hydrogen-bond acceptors (Lipinski definition) is 2. The fraction of sp³-hybridized carbons (Fsp3) is 0.417. The first-order valence-corrected chi connectivity index (χ1v) is 5.38. The first-order chi connectivity index (χ1) is 8.20. The molecule has 100 valence electrons. The zero-order chi connectivity index (χ0) is 13.9. The number of benzene rings is 1. The third-order valence-electron chi connectivity index (χ3n) is 2.72. The predicted octanol–water partition coefficient (Wildman–Crippen LogP) is 2.74. The van der Waals surface area contributed by atoms with Gasteiger partial charge in [0, 0.05) is 12.7 Å². The Morgan fingerprint density at radius 2 is 2.06 bits per heavy atom. The average Bonchev–Trinajstić information content (AvgIpc) is 2.24. The molecule has 1 aromatic carbocycles. The Labute approximate surface area is 103 Å². The van der Waals surface area contributed by atoms with Crippen LogP contribution in [0.5, 0.6) is 0 Å². The number of nitrogens with zero attached hydrogens (tertiary/aromatic N) is 1. The zero-order valence-electron chi connectivity index (χ0n) is 10.2. The van der Waals surface area contributed by atoms with Crippen LogP contribution in [0.3, 0.4) is 0 Å². The fourth-order valence-corrected chi connectivity index (χ4v) is 1.55.